The van der Waals surface area contributed by atoms with E-state index in [4.69, 9.17) is 30.8 Å². The number of fused-ring (bicyclic) bond motifs is 4. The minimum atomic E-state index is -0.486. The number of rotatable bonds is 7. The molecular weight excluding hydrogens is 559 g/mol. The highest BCUT2D eigenvalue weighted by atomic mass is 19.1. The molecule has 2 aromatic carbocycles. The second kappa shape index (κ2) is 10.8. The third-order valence-corrected chi connectivity index (χ3v) is 9.65. The number of nitrogens with one attached hydrogen (secondary N) is 1. The maximum Gasteiger partial charge on any atom is 0.319 e. The van der Waals surface area contributed by atoms with Gasteiger partial charge in [0.15, 0.2) is 5.82 Å². The van der Waals surface area contributed by atoms with E-state index in [2.05, 4.69) is 21.0 Å². The Bertz CT molecular complexity index is 1790. The first-order chi connectivity index (χ1) is 21.5. The summed E-state index contributed by atoms with van der Waals surface area (Å²) >= 11 is 0. The number of nitrogens with zero attached hydrogens (tertiary/aromatic N) is 5. The summed E-state index contributed by atoms with van der Waals surface area (Å²) in [6, 6.07) is 9.22. The minimum absolute atomic E-state index is 0.0564. The van der Waals surface area contributed by atoms with Crippen LogP contribution in [0.5, 0.6) is 11.8 Å². The summed E-state index contributed by atoms with van der Waals surface area (Å²) < 4.78 is 26.7. The van der Waals surface area contributed by atoms with Crippen molar-refractivity contribution in [3.8, 4) is 35.2 Å². The summed E-state index contributed by atoms with van der Waals surface area (Å²) in [5.74, 6) is 2.84. The number of pyridine rings is 1. The SMILES string of the molecule is C#Cc1c(F)ccc2cc(O)cc(-c3cnc4c(N5CC6CCC(C5)N6)nc(OCC5(CN6CCOCC6)CC5)nc4c3)c12. The number of terminal acetylenes is 1. The molecule has 1 aliphatic carbocycles. The highest BCUT2D eigenvalue weighted by Crippen LogP contribution is 2.47. The average molecular weight is 595 g/mol. The number of anilines is 1. The first-order valence-corrected chi connectivity index (χ1v) is 15.5. The van der Waals surface area contributed by atoms with Gasteiger partial charge in [-0.2, -0.15) is 9.97 Å². The Morgan fingerprint density at radius 2 is 1.91 bits per heavy atom. The molecule has 2 unspecified atom stereocenters. The number of morpholine rings is 1. The number of phenols is 1. The third-order valence-electron chi connectivity index (χ3n) is 9.65. The number of ether oxygens (including phenoxy) is 2. The van der Waals surface area contributed by atoms with Gasteiger partial charge in [-0.1, -0.05) is 12.0 Å². The lowest BCUT2D eigenvalue weighted by atomic mass is 9.94. The smallest absolute Gasteiger partial charge is 0.319 e. The van der Waals surface area contributed by atoms with Crippen LogP contribution in [0.25, 0.3) is 32.9 Å². The summed E-state index contributed by atoms with van der Waals surface area (Å²) in [6.45, 7) is 6.68. The van der Waals surface area contributed by atoms with Crippen LogP contribution in [-0.2, 0) is 4.74 Å². The maximum atomic E-state index is 14.8. The fraction of sp³-hybridized carbons (Fsp3) is 0.441. The molecule has 3 saturated heterocycles. The lowest BCUT2D eigenvalue weighted by Crippen LogP contribution is -2.51. The Kier molecular flexibility index (Phi) is 6.78. The summed E-state index contributed by atoms with van der Waals surface area (Å²) in [4.78, 5) is 19.5. The molecule has 2 aromatic heterocycles. The number of piperazine rings is 1. The first kappa shape index (κ1) is 27.5. The quantitative estimate of drug-likeness (QED) is 0.307. The summed E-state index contributed by atoms with van der Waals surface area (Å²) in [7, 11) is 0. The van der Waals surface area contributed by atoms with Crippen molar-refractivity contribution in [2.75, 3.05) is 57.4 Å². The van der Waals surface area contributed by atoms with Crippen LogP contribution in [0.2, 0.25) is 0 Å². The van der Waals surface area contributed by atoms with Crippen molar-refractivity contribution in [1.82, 2.24) is 25.2 Å². The second-order valence-electron chi connectivity index (χ2n) is 12.8. The van der Waals surface area contributed by atoms with Crippen LogP contribution in [0.15, 0.2) is 36.5 Å². The van der Waals surface area contributed by atoms with Crippen LogP contribution in [0.4, 0.5) is 10.2 Å². The van der Waals surface area contributed by atoms with Gasteiger partial charge in [0, 0.05) is 67.4 Å². The van der Waals surface area contributed by atoms with Crippen molar-refractivity contribution in [2.24, 2.45) is 5.41 Å². The van der Waals surface area contributed by atoms with Crippen LogP contribution >= 0.6 is 0 Å². The Balaban J connectivity index is 1.19. The molecule has 0 spiro atoms. The Morgan fingerprint density at radius 3 is 2.66 bits per heavy atom. The van der Waals surface area contributed by atoms with Crippen LogP contribution < -0.4 is 15.0 Å². The van der Waals surface area contributed by atoms with Crippen LogP contribution in [0.1, 0.15) is 31.2 Å². The highest BCUT2D eigenvalue weighted by Gasteiger charge is 2.45. The predicted molar refractivity (Wildman–Crippen MR) is 166 cm³/mol. The monoisotopic (exact) mass is 594 g/mol. The molecular formula is C34H35FN6O3. The molecule has 4 aliphatic rings. The van der Waals surface area contributed by atoms with Gasteiger partial charge in [-0.15, -0.1) is 6.42 Å². The van der Waals surface area contributed by atoms with E-state index in [9.17, 15) is 9.50 Å². The number of benzene rings is 2. The summed E-state index contributed by atoms with van der Waals surface area (Å²) in [5, 5.41) is 15.5. The van der Waals surface area contributed by atoms with E-state index in [0.717, 1.165) is 77.4 Å². The van der Waals surface area contributed by atoms with E-state index in [0.29, 0.717) is 57.6 Å². The van der Waals surface area contributed by atoms with Crippen LogP contribution in [-0.4, -0.2) is 89.6 Å². The van der Waals surface area contributed by atoms with E-state index in [1.807, 2.05) is 6.07 Å². The summed E-state index contributed by atoms with van der Waals surface area (Å²) in [5.41, 5.74) is 2.83. The van der Waals surface area contributed by atoms with Gasteiger partial charge in [-0.3, -0.25) is 9.88 Å². The zero-order valence-corrected chi connectivity index (χ0v) is 24.6. The fourth-order valence-electron chi connectivity index (χ4n) is 7.15. The maximum absolute atomic E-state index is 14.8. The minimum Gasteiger partial charge on any atom is -0.508 e. The number of hydrogen-bond donors (Lipinski definition) is 2. The van der Waals surface area contributed by atoms with Gasteiger partial charge in [-0.25, -0.2) is 4.39 Å². The molecule has 44 heavy (non-hydrogen) atoms. The fourth-order valence-corrected chi connectivity index (χ4v) is 7.15. The van der Waals surface area contributed by atoms with Crippen molar-refractivity contribution < 1.29 is 19.0 Å². The normalized spacial score (nSPS) is 22.8. The zero-order valence-electron chi connectivity index (χ0n) is 24.6. The lowest BCUT2D eigenvalue weighted by Gasteiger charge is -2.34. The number of phenolic OH excluding ortho intramolecular Hbond substituents is 1. The predicted octanol–water partition coefficient (Wildman–Crippen LogP) is 4.10. The van der Waals surface area contributed by atoms with Crippen molar-refractivity contribution in [3.05, 3.63) is 47.9 Å². The average Bonchev–Trinajstić information content (AvgIpc) is 3.72. The van der Waals surface area contributed by atoms with Gasteiger partial charge >= 0.3 is 6.01 Å². The molecule has 10 heteroatoms. The Hall–Kier alpha value is -4.04. The Morgan fingerprint density at radius 1 is 1.11 bits per heavy atom. The van der Waals surface area contributed by atoms with Gasteiger partial charge in [0.25, 0.3) is 0 Å². The van der Waals surface area contributed by atoms with E-state index in [1.165, 1.54) is 6.07 Å². The second-order valence-corrected chi connectivity index (χ2v) is 12.8. The van der Waals surface area contributed by atoms with Gasteiger partial charge in [0.1, 0.15) is 17.1 Å². The molecule has 3 aliphatic heterocycles. The van der Waals surface area contributed by atoms with Gasteiger partial charge in [0.2, 0.25) is 0 Å². The summed E-state index contributed by atoms with van der Waals surface area (Å²) in [6.07, 6.45) is 12.0. The van der Waals surface area contributed by atoms with Crippen LogP contribution in [0.3, 0.4) is 0 Å². The van der Waals surface area contributed by atoms with Crippen molar-refractivity contribution >= 4 is 27.6 Å². The lowest BCUT2D eigenvalue weighted by molar-refractivity contribution is 0.0231. The van der Waals surface area contributed by atoms with E-state index < -0.39 is 5.82 Å². The molecule has 4 aromatic rings. The standard InChI is InChI=1S/C34H35FN6O3/c1-2-26-28(35)6-3-21-13-25(42)15-27(30(21)26)22-14-29-31(36-16-22)32(41-17-23-4-5-24(18-41)37-23)39-33(38-29)44-20-34(7-8-34)19-40-9-11-43-12-10-40/h1,3,6,13-16,23-24,37,42H,4-5,7-12,17-20H2. The molecule has 5 heterocycles. The third kappa shape index (κ3) is 5.09. The largest absolute Gasteiger partial charge is 0.508 e. The van der Waals surface area contributed by atoms with Crippen LogP contribution in [0, 0.1) is 23.6 Å². The Labute approximate surface area is 255 Å². The number of aromatic nitrogens is 3. The number of halogens is 1. The van der Waals surface area contributed by atoms with E-state index in [-0.39, 0.29) is 16.7 Å². The van der Waals surface area contributed by atoms with Gasteiger partial charge in [0.05, 0.1) is 30.9 Å². The van der Waals surface area contributed by atoms with E-state index in [1.54, 1.807) is 24.4 Å². The molecule has 0 radical (unpaired) electrons. The zero-order chi connectivity index (χ0) is 29.8. The van der Waals surface area contributed by atoms with Crippen molar-refractivity contribution in [3.63, 3.8) is 0 Å². The van der Waals surface area contributed by atoms with Gasteiger partial charge in [-0.05, 0) is 60.9 Å². The first-order valence-electron chi connectivity index (χ1n) is 15.5. The molecule has 2 bridgehead atoms. The molecule has 1 saturated carbocycles. The highest BCUT2D eigenvalue weighted by molar-refractivity contribution is 6.03. The van der Waals surface area contributed by atoms with Crippen molar-refractivity contribution in [2.45, 2.75) is 37.8 Å². The molecule has 8 rings (SSSR count). The molecule has 226 valence electrons. The topological polar surface area (TPSA) is 95.9 Å². The molecule has 4 fully saturated rings. The number of aromatic hydroxyl groups is 1. The van der Waals surface area contributed by atoms with Crippen molar-refractivity contribution in [1.29, 1.82) is 0 Å². The molecule has 9 nitrogen and oxygen atoms in total. The van der Waals surface area contributed by atoms with Gasteiger partial charge < -0.3 is 24.8 Å². The number of hydrogen-bond acceptors (Lipinski definition) is 9. The molecule has 0 amide bonds. The molecule has 2 atom stereocenters. The molecule has 2 N–H and O–H groups in total. The van der Waals surface area contributed by atoms with E-state index >= 15 is 0 Å².